The summed E-state index contributed by atoms with van der Waals surface area (Å²) in [5.74, 6) is 0.0982. The van der Waals surface area contributed by atoms with Crippen LogP contribution in [0.2, 0.25) is 0 Å². The average Bonchev–Trinajstić information content (AvgIpc) is 2.84. The molecule has 4 rings (SSSR count). The van der Waals surface area contributed by atoms with Gasteiger partial charge in [0.1, 0.15) is 0 Å². The minimum absolute atomic E-state index is 0.0509. The molecule has 6 nitrogen and oxygen atoms in total. The van der Waals surface area contributed by atoms with Crippen LogP contribution >= 0.6 is 0 Å². The number of carbonyl (C=O) groups is 2. The van der Waals surface area contributed by atoms with E-state index in [1.54, 1.807) is 7.05 Å². The van der Waals surface area contributed by atoms with E-state index in [1.165, 1.54) is 0 Å². The molecule has 164 valence electrons. The third kappa shape index (κ3) is 4.23. The molecule has 0 aromatic heterocycles. The molecule has 1 atom stereocenters. The van der Waals surface area contributed by atoms with Crippen LogP contribution in [0.3, 0.4) is 0 Å². The Bertz CT molecular complexity index is 925. The Morgan fingerprint density at radius 1 is 1.03 bits per heavy atom. The molecule has 1 N–H and O–H groups in total. The summed E-state index contributed by atoms with van der Waals surface area (Å²) in [4.78, 5) is 30.4. The Morgan fingerprint density at radius 3 is 2.48 bits per heavy atom. The van der Waals surface area contributed by atoms with Crippen LogP contribution in [-0.4, -0.2) is 68.6 Å². The fourth-order valence-electron chi connectivity index (χ4n) is 4.86. The zero-order valence-corrected chi connectivity index (χ0v) is 18.3. The van der Waals surface area contributed by atoms with Gasteiger partial charge in [0.2, 0.25) is 5.91 Å². The molecule has 2 aliphatic rings. The van der Waals surface area contributed by atoms with Crippen molar-refractivity contribution in [1.82, 2.24) is 15.1 Å². The van der Waals surface area contributed by atoms with Gasteiger partial charge in [-0.05, 0) is 43.1 Å². The molecular weight excluding hydrogens is 390 g/mol. The second-order valence-corrected chi connectivity index (χ2v) is 8.51. The molecule has 2 fully saturated rings. The monoisotopic (exact) mass is 421 g/mol. The van der Waals surface area contributed by atoms with E-state index in [1.807, 2.05) is 47.4 Å². The van der Waals surface area contributed by atoms with Crippen molar-refractivity contribution in [2.24, 2.45) is 0 Å². The highest BCUT2D eigenvalue weighted by molar-refractivity contribution is 5.94. The van der Waals surface area contributed by atoms with Crippen molar-refractivity contribution >= 4 is 11.8 Å². The Balaban J connectivity index is 1.61. The van der Waals surface area contributed by atoms with E-state index >= 15 is 0 Å². The predicted octanol–water partition coefficient (Wildman–Crippen LogP) is 2.61. The topological polar surface area (TPSA) is 61.9 Å². The minimum atomic E-state index is -0.524. The highest BCUT2D eigenvalue weighted by Gasteiger charge is 2.45. The number of nitrogens with zero attached hydrogens (tertiary/aromatic N) is 2. The number of piperazine rings is 1. The van der Waals surface area contributed by atoms with Crippen LogP contribution < -0.4 is 5.32 Å². The van der Waals surface area contributed by atoms with E-state index in [4.69, 9.17) is 4.74 Å². The Labute approximate surface area is 184 Å². The molecule has 0 unspecified atom stereocenters. The number of amides is 2. The van der Waals surface area contributed by atoms with Gasteiger partial charge in [0, 0.05) is 45.5 Å². The van der Waals surface area contributed by atoms with Crippen LogP contribution in [0.1, 0.15) is 40.4 Å². The first-order valence-electron chi connectivity index (χ1n) is 11.0. The van der Waals surface area contributed by atoms with Gasteiger partial charge >= 0.3 is 0 Å². The summed E-state index contributed by atoms with van der Waals surface area (Å²) < 4.78 is 5.62. The van der Waals surface area contributed by atoms with E-state index in [9.17, 15) is 9.59 Å². The number of hydrogen-bond donors (Lipinski definition) is 1. The number of carbonyl (C=O) groups excluding carboxylic acids is 2. The van der Waals surface area contributed by atoms with E-state index in [0.29, 0.717) is 44.7 Å². The normalized spacial score (nSPS) is 21.5. The van der Waals surface area contributed by atoms with Crippen LogP contribution in [0, 0.1) is 0 Å². The van der Waals surface area contributed by atoms with E-state index in [2.05, 4.69) is 29.4 Å². The van der Waals surface area contributed by atoms with Crippen LogP contribution in [0.5, 0.6) is 0 Å². The molecule has 2 amide bonds. The average molecular weight is 422 g/mol. The summed E-state index contributed by atoms with van der Waals surface area (Å²) in [6, 6.07) is 17.9. The lowest BCUT2D eigenvalue weighted by molar-refractivity contribution is -0.144. The molecule has 2 aliphatic heterocycles. The lowest BCUT2D eigenvalue weighted by Crippen LogP contribution is -2.56. The van der Waals surface area contributed by atoms with Crippen LogP contribution in [0.15, 0.2) is 54.6 Å². The maximum absolute atomic E-state index is 14.0. The second-order valence-electron chi connectivity index (χ2n) is 8.51. The summed E-state index contributed by atoms with van der Waals surface area (Å²) in [6.45, 7) is 3.32. The Kier molecular flexibility index (Phi) is 6.39. The van der Waals surface area contributed by atoms with Gasteiger partial charge in [-0.1, -0.05) is 42.5 Å². The lowest BCUT2D eigenvalue weighted by atomic mass is 9.72. The summed E-state index contributed by atoms with van der Waals surface area (Å²) >= 11 is 0. The van der Waals surface area contributed by atoms with Gasteiger partial charge < -0.3 is 15.0 Å². The largest absolute Gasteiger partial charge is 0.381 e. The Hall–Kier alpha value is -2.70. The molecule has 0 radical (unpaired) electrons. The maximum Gasteiger partial charge on any atom is 0.251 e. The van der Waals surface area contributed by atoms with Crippen LogP contribution in [-0.2, 0) is 14.9 Å². The highest BCUT2D eigenvalue weighted by atomic mass is 16.5. The third-order valence-corrected chi connectivity index (χ3v) is 6.78. The van der Waals surface area contributed by atoms with Crippen molar-refractivity contribution in [1.29, 1.82) is 0 Å². The van der Waals surface area contributed by atoms with Crippen molar-refractivity contribution in [2.45, 2.75) is 24.3 Å². The maximum atomic E-state index is 14.0. The number of benzene rings is 2. The molecule has 2 aromatic carbocycles. The lowest BCUT2D eigenvalue weighted by Gasteiger charge is -2.45. The van der Waals surface area contributed by atoms with Gasteiger partial charge in [-0.3, -0.25) is 14.5 Å². The molecule has 6 heteroatoms. The summed E-state index contributed by atoms with van der Waals surface area (Å²) in [7, 11) is 3.72. The molecule has 0 aliphatic carbocycles. The number of rotatable bonds is 4. The fraction of sp³-hybridized carbons (Fsp3) is 0.440. The van der Waals surface area contributed by atoms with E-state index < -0.39 is 5.41 Å². The molecule has 0 spiro atoms. The molecule has 2 saturated heterocycles. The van der Waals surface area contributed by atoms with Gasteiger partial charge in [0.15, 0.2) is 0 Å². The van der Waals surface area contributed by atoms with Crippen molar-refractivity contribution < 1.29 is 14.3 Å². The van der Waals surface area contributed by atoms with Gasteiger partial charge in [0.25, 0.3) is 5.91 Å². The van der Waals surface area contributed by atoms with Gasteiger partial charge in [-0.15, -0.1) is 0 Å². The Morgan fingerprint density at radius 2 is 1.77 bits per heavy atom. The summed E-state index contributed by atoms with van der Waals surface area (Å²) in [5.41, 5.74) is 2.26. The molecule has 2 heterocycles. The first-order chi connectivity index (χ1) is 15.0. The second kappa shape index (κ2) is 9.20. The zero-order valence-electron chi connectivity index (χ0n) is 18.3. The number of likely N-dealkylation sites (N-methyl/N-ethyl adjacent to an activating group) is 1. The van der Waals surface area contributed by atoms with Gasteiger partial charge in [-0.25, -0.2) is 0 Å². The van der Waals surface area contributed by atoms with E-state index in [0.717, 1.165) is 17.7 Å². The first-order valence-corrected chi connectivity index (χ1v) is 11.0. The standard InChI is InChI=1S/C25H31N3O3/c1-26-23(29)20-8-6-7-19(17-20)22-18-28(14-13-27(22)2)24(30)25(11-15-31-16-12-25)21-9-4-3-5-10-21/h3-10,17,22H,11-16,18H2,1-2H3,(H,26,29)/t22-/m1/s1. The predicted molar refractivity (Wildman–Crippen MR) is 120 cm³/mol. The van der Waals surface area contributed by atoms with E-state index in [-0.39, 0.29) is 17.9 Å². The zero-order chi connectivity index (χ0) is 21.8. The van der Waals surface area contributed by atoms with Gasteiger partial charge in [0.05, 0.1) is 11.5 Å². The summed E-state index contributed by atoms with van der Waals surface area (Å²) in [6.07, 6.45) is 1.41. The molecule has 0 saturated carbocycles. The number of ether oxygens (including phenoxy) is 1. The third-order valence-electron chi connectivity index (χ3n) is 6.78. The molecule has 2 aromatic rings. The smallest absolute Gasteiger partial charge is 0.251 e. The quantitative estimate of drug-likeness (QED) is 0.825. The molecular formula is C25H31N3O3. The molecule has 31 heavy (non-hydrogen) atoms. The van der Waals surface area contributed by atoms with Crippen molar-refractivity contribution in [2.75, 3.05) is 46.9 Å². The van der Waals surface area contributed by atoms with Crippen molar-refractivity contribution in [3.8, 4) is 0 Å². The molecule has 0 bridgehead atoms. The minimum Gasteiger partial charge on any atom is -0.381 e. The summed E-state index contributed by atoms with van der Waals surface area (Å²) in [5, 5.41) is 2.69. The number of hydrogen-bond acceptors (Lipinski definition) is 4. The van der Waals surface area contributed by atoms with Gasteiger partial charge in [-0.2, -0.15) is 0 Å². The SMILES string of the molecule is CNC(=O)c1cccc([C@H]2CN(C(=O)C3(c4ccccc4)CCOCC3)CCN2C)c1. The fourth-order valence-corrected chi connectivity index (χ4v) is 4.86. The van der Waals surface area contributed by atoms with Crippen LogP contribution in [0.25, 0.3) is 0 Å². The van der Waals surface area contributed by atoms with Crippen LogP contribution in [0.4, 0.5) is 0 Å². The van der Waals surface area contributed by atoms with Crippen molar-refractivity contribution in [3.63, 3.8) is 0 Å². The number of nitrogens with one attached hydrogen (secondary N) is 1. The van der Waals surface area contributed by atoms with Crippen molar-refractivity contribution in [3.05, 3.63) is 71.3 Å². The first kappa shape index (κ1) is 21.5. The highest BCUT2D eigenvalue weighted by Crippen LogP contribution is 2.38.